The maximum atomic E-state index is 11.1. The van der Waals surface area contributed by atoms with Crippen molar-refractivity contribution in [3.05, 3.63) is 42.0 Å². The van der Waals surface area contributed by atoms with Gasteiger partial charge in [0.25, 0.3) is 0 Å². The predicted molar refractivity (Wildman–Crippen MR) is 111 cm³/mol. The summed E-state index contributed by atoms with van der Waals surface area (Å²) < 4.78 is 13.5. The van der Waals surface area contributed by atoms with Gasteiger partial charge in [0.15, 0.2) is 0 Å². The van der Waals surface area contributed by atoms with Gasteiger partial charge in [0.2, 0.25) is 0 Å². The molecule has 5 unspecified atom stereocenters. The summed E-state index contributed by atoms with van der Waals surface area (Å²) in [6, 6.07) is 3.56. The molecule has 0 amide bonds. The van der Waals surface area contributed by atoms with E-state index in [1.807, 2.05) is 29.1 Å². The Morgan fingerprint density at radius 3 is 3.03 bits per heavy atom. The summed E-state index contributed by atoms with van der Waals surface area (Å²) in [6.07, 6.45) is 4.22. The maximum Gasteiger partial charge on any atom is 0.145 e. The molecule has 1 aliphatic carbocycles. The number of aromatic nitrogens is 4. The smallest absolute Gasteiger partial charge is 0.145 e. The van der Waals surface area contributed by atoms with Gasteiger partial charge in [0.05, 0.1) is 36.8 Å². The SMILES string of the molecule is Nc1ncnc2c1ccn2C1CC2(COC(c3cnc4c(c3)COCN4)C2)C(O)C1O. The fourth-order valence-corrected chi connectivity index (χ4v) is 5.32. The normalized spacial score (nSPS) is 32.5. The molecule has 0 bridgehead atoms. The number of fused-ring (bicyclic) bond motifs is 2. The first-order valence-electron chi connectivity index (χ1n) is 10.4. The molecule has 2 aliphatic heterocycles. The molecular formula is C21H24N6O4. The molecule has 10 heteroatoms. The Balaban J connectivity index is 1.28. The third-order valence-corrected chi connectivity index (χ3v) is 6.98. The summed E-state index contributed by atoms with van der Waals surface area (Å²) in [5.74, 6) is 1.23. The van der Waals surface area contributed by atoms with Crippen molar-refractivity contribution in [2.24, 2.45) is 5.41 Å². The van der Waals surface area contributed by atoms with E-state index < -0.39 is 17.6 Å². The zero-order chi connectivity index (χ0) is 21.2. The molecule has 3 aromatic rings. The molecule has 1 saturated carbocycles. The van der Waals surface area contributed by atoms with Crippen molar-refractivity contribution < 1.29 is 19.7 Å². The minimum Gasteiger partial charge on any atom is -0.390 e. The Kier molecular flexibility index (Phi) is 4.19. The monoisotopic (exact) mass is 424 g/mol. The van der Waals surface area contributed by atoms with Crippen molar-refractivity contribution in [3.63, 3.8) is 0 Å². The van der Waals surface area contributed by atoms with Crippen LogP contribution in [-0.2, 0) is 16.1 Å². The topological polar surface area (TPSA) is 141 Å². The van der Waals surface area contributed by atoms with Crippen LogP contribution in [0.3, 0.4) is 0 Å². The second-order valence-electron chi connectivity index (χ2n) is 8.74. The number of aliphatic hydroxyl groups excluding tert-OH is 2. The second-order valence-corrected chi connectivity index (χ2v) is 8.74. The molecule has 1 spiro atoms. The third-order valence-electron chi connectivity index (χ3n) is 6.98. The van der Waals surface area contributed by atoms with E-state index in [1.54, 1.807) is 0 Å². The Bertz CT molecular complexity index is 1150. The highest BCUT2D eigenvalue weighted by Gasteiger charge is 2.57. The lowest BCUT2D eigenvalue weighted by molar-refractivity contribution is -0.0309. The van der Waals surface area contributed by atoms with Crippen molar-refractivity contribution in [1.29, 1.82) is 0 Å². The Hall–Kier alpha value is -2.79. The van der Waals surface area contributed by atoms with Crippen LogP contribution in [0.2, 0.25) is 0 Å². The minimum absolute atomic E-state index is 0.195. The van der Waals surface area contributed by atoms with Gasteiger partial charge in [0, 0.05) is 23.4 Å². The van der Waals surface area contributed by atoms with E-state index in [9.17, 15) is 10.2 Å². The Morgan fingerprint density at radius 1 is 1.23 bits per heavy atom. The zero-order valence-corrected chi connectivity index (χ0v) is 16.8. The lowest BCUT2D eigenvalue weighted by Gasteiger charge is -2.26. The van der Waals surface area contributed by atoms with Gasteiger partial charge < -0.3 is 35.3 Å². The number of nitrogens with one attached hydrogen (secondary N) is 1. The van der Waals surface area contributed by atoms with Crippen molar-refractivity contribution in [3.8, 4) is 0 Å². The van der Waals surface area contributed by atoms with E-state index in [0.29, 0.717) is 44.3 Å². The van der Waals surface area contributed by atoms with Crippen molar-refractivity contribution in [1.82, 2.24) is 19.5 Å². The first kappa shape index (κ1) is 18.9. The van der Waals surface area contributed by atoms with Crippen molar-refractivity contribution >= 4 is 22.7 Å². The van der Waals surface area contributed by atoms with Gasteiger partial charge in [-0.05, 0) is 30.5 Å². The van der Waals surface area contributed by atoms with Gasteiger partial charge in [0.1, 0.15) is 36.4 Å². The van der Waals surface area contributed by atoms with Crippen LogP contribution < -0.4 is 11.1 Å². The molecule has 3 aromatic heterocycles. The molecule has 5 atom stereocenters. The Labute approximate surface area is 178 Å². The van der Waals surface area contributed by atoms with Crippen molar-refractivity contribution in [2.75, 3.05) is 24.4 Å². The number of ether oxygens (including phenoxy) is 2. The van der Waals surface area contributed by atoms with Crippen LogP contribution in [0.15, 0.2) is 30.9 Å². The fourth-order valence-electron chi connectivity index (χ4n) is 5.32. The van der Waals surface area contributed by atoms with E-state index in [-0.39, 0.29) is 12.1 Å². The first-order chi connectivity index (χ1) is 15.1. The molecule has 162 valence electrons. The molecule has 3 aliphatic rings. The fraction of sp³-hybridized carbons (Fsp3) is 0.476. The van der Waals surface area contributed by atoms with E-state index in [2.05, 4.69) is 20.3 Å². The third kappa shape index (κ3) is 2.83. The van der Waals surface area contributed by atoms with Crippen LogP contribution in [0.25, 0.3) is 11.0 Å². The second kappa shape index (κ2) is 6.86. The number of nitrogens with zero attached hydrogens (tertiary/aromatic N) is 4. The summed E-state index contributed by atoms with van der Waals surface area (Å²) in [6.45, 7) is 1.34. The molecule has 5 heterocycles. The Morgan fingerprint density at radius 2 is 2.13 bits per heavy atom. The lowest BCUT2D eigenvalue weighted by atomic mass is 9.80. The molecule has 2 fully saturated rings. The number of nitrogen functional groups attached to an aromatic ring is 1. The van der Waals surface area contributed by atoms with Crippen LogP contribution in [-0.4, -0.2) is 55.3 Å². The zero-order valence-electron chi connectivity index (χ0n) is 16.8. The number of hydrogen-bond acceptors (Lipinski definition) is 9. The number of nitrogens with two attached hydrogens (primary N) is 1. The molecule has 0 radical (unpaired) electrons. The highest BCUT2D eigenvalue weighted by molar-refractivity contribution is 5.86. The molecule has 1 saturated heterocycles. The summed E-state index contributed by atoms with van der Waals surface area (Å²) in [5.41, 5.74) is 8.02. The van der Waals surface area contributed by atoms with Crippen LogP contribution in [0, 0.1) is 5.41 Å². The van der Waals surface area contributed by atoms with Gasteiger partial charge in [-0.25, -0.2) is 15.0 Å². The summed E-state index contributed by atoms with van der Waals surface area (Å²) in [7, 11) is 0. The lowest BCUT2D eigenvalue weighted by Crippen LogP contribution is -2.37. The molecule has 6 rings (SSSR count). The van der Waals surface area contributed by atoms with Crippen LogP contribution >= 0.6 is 0 Å². The highest BCUT2D eigenvalue weighted by atomic mass is 16.5. The average molecular weight is 424 g/mol. The quantitative estimate of drug-likeness (QED) is 0.476. The predicted octanol–water partition coefficient (Wildman–Crippen LogP) is 1.12. The number of hydrogen-bond donors (Lipinski definition) is 4. The van der Waals surface area contributed by atoms with Crippen LogP contribution in [0.1, 0.15) is 36.1 Å². The molecule has 5 N–H and O–H groups in total. The van der Waals surface area contributed by atoms with Crippen LogP contribution in [0.4, 0.5) is 11.6 Å². The highest BCUT2D eigenvalue weighted by Crippen LogP contribution is 2.54. The molecule has 10 nitrogen and oxygen atoms in total. The van der Waals surface area contributed by atoms with Gasteiger partial charge in [-0.3, -0.25) is 0 Å². The largest absolute Gasteiger partial charge is 0.390 e. The van der Waals surface area contributed by atoms with E-state index in [4.69, 9.17) is 15.2 Å². The minimum atomic E-state index is -0.937. The molecule has 31 heavy (non-hydrogen) atoms. The first-order valence-corrected chi connectivity index (χ1v) is 10.4. The van der Waals surface area contributed by atoms with Gasteiger partial charge in [-0.2, -0.15) is 0 Å². The van der Waals surface area contributed by atoms with Gasteiger partial charge in [-0.15, -0.1) is 0 Å². The van der Waals surface area contributed by atoms with Gasteiger partial charge in [-0.1, -0.05) is 0 Å². The number of anilines is 2. The number of aliphatic hydroxyl groups is 2. The van der Waals surface area contributed by atoms with Crippen molar-refractivity contribution in [2.45, 2.75) is 43.8 Å². The average Bonchev–Trinajstić information content (AvgIpc) is 3.48. The summed E-state index contributed by atoms with van der Waals surface area (Å²) >= 11 is 0. The standard InChI is InChI=1S/C21H24N6O4/c22-18-13-1-2-27(20(13)25-9-24-18)14-4-21(17(29)16(14)28)5-15(31-8-21)11-3-12-7-30-10-26-19(12)23-6-11/h1-3,6,9,14-17,28-29H,4-5,7-8,10H2,(H,23,26)(H2,22,24,25). The number of rotatable bonds is 2. The molecule has 0 aromatic carbocycles. The summed E-state index contributed by atoms with van der Waals surface area (Å²) in [4.78, 5) is 12.9. The maximum absolute atomic E-state index is 11.1. The van der Waals surface area contributed by atoms with Crippen LogP contribution in [0.5, 0.6) is 0 Å². The van der Waals surface area contributed by atoms with E-state index in [1.165, 1.54) is 6.33 Å². The van der Waals surface area contributed by atoms with E-state index >= 15 is 0 Å². The summed E-state index contributed by atoms with van der Waals surface area (Å²) in [5, 5.41) is 25.9. The molecular weight excluding hydrogens is 400 g/mol. The van der Waals surface area contributed by atoms with Gasteiger partial charge >= 0.3 is 0 Å². The number of pyridine rings is 1. The van der Waals surface area contributed by atoms with E-state index in [0.717, 1.165) is 22.3 Å².